The number of amides is 5. The lowest BCUT2D eigenvalue weighted by atomic mass is 9.82. The molecule has 3 fully saturated rings. The van der Waals surface area contributed by atoms with Crippen LogP contribution in [-0.2, 0) is 20.9 Å². The SMILES string of the molecule is O=C1CCC(N2C(=O)c3cccc(NCCCN4CCN(CCCC(=O)Nc5cccc(-c6ccc7c(c6)[C@H]6[C@H](CCN6Cc6ccncc6)[C@@H](CO)N7)c5)CC4)c3C2=O)C(=O)N1. The van der Waals surface area contributed by atoms with Gasteiger partial charge in [-0.25, -0.2) is 0 Å². The highest BCUT2D eigenvalue weighted by Crippen LogP contribution is 2.48. The minimum atomic E-state index is -0.993. The number of pyridine rings is 1. The molecule has 15 heteroatoms. The number of carbonyl (C=O) groups excluding carboxylic acids is 5. The van der Waals surface area contributed by atoms with Gasteiger partial charge in [-0.15, -0.1) is 0 Å². The molecule has 5 aliphatic rings. The molecule has 9 rings (SSSR count). The maximum Gasteiger partial charge on any atom is 0.264 e. The first-order chi connectivity index (χ1) is 30.7. The van der Waals surface area contributed by atoms with Crippen LogP contribution in [0.2, 0.25) is 0 Å². The normalized spacial score (nSPS) is 22.6. The molecular formula is C48H55N9O6. The topological polar surface area (TPSA) is 180 Å². The lowest BCUT2D eigenvalue weighted by Gasteiger charge is -2.39. The van der Waals surface area contributed by atoms with E-state index in [0.29, 0.717) is 24.6 Å². The van der Waals surface area contributed by atoms with Gasteiger partial charge < -0.3 is 30.9 Å². The molecule has 3 aromatic carbocycles. The number of anilines is 3. The predicted molar refractivity (Wildman–Crippen MR) is 239 cm³/mol. The van der Waals surface area contributed by atoms with Gasteiger partial charge in [0.05, 0.1) is 23.8 Å². The zero-order valence-corrected chi connectivity index (χ0v) is 35.4. The Bertz CT molecular complexity index is 2370. The van der Waals surface area contributed by atoms with Gasteiger partial charge in [0, 0.05) is 93.5 Å². The van der Waals surface area contributed by atoms with E-state index in [-0.39, 0.29) is 48.6 Å². The van der Waals surface area contributed by atoms with Crippen molar-refractivity contribution in [3.63, 3.8) is 0 Å². The molecule has 6 heterocycles. The number of hydrogen-bond acceptors (Lipinski definition) is 12. The summed E-state index contributed by atoms with van der Waals surface area (Å²) >= 11 is 0. The quantitative estimate of drug-likeness (QED) is 0.0846. The number of piperazine rings is 1. The summed E-state index contributed by atoms with van der Waals surface area (Å²) in [5.74, 6) is -1.74. The number of carbonyl (C=O) groups is 5. The minimum Gasteiger partial charge on any atom is -0.394 e. The molecule has 5 aliphatic heterocycles. The van der Waals surface area contributed by atoms with E-state index in [1.54, 1.807) is 18.2 Å². The van der Waals surface area contributed by atoms with Gasteiger partial charge in [0.1, 0.15) is 6.04 Å². The smallest absolute Gasteiger partial charge is 0.264 e. The molecule has 1 aromatic heterocycles. The van der Waals surface area contributed by atoms with Gasteiger partial charge in [0.15, 0.2) is 0 Å². The number of benzene rings is 3. The molecule has 0 bridgehead atoms. The second-order valence-corrected chi connectivity index (χ2v) is 17.3. The van der Waals surface area contributed by atoms with Gasteiger partial charge >= 0.3 is 0 Å². The molecule has 5 N–H and O–H groups in total. The summed E-state index contributed by atoms with van der Waals surface area (Å²) in [6, 6.07) is 23.0. The van der Waals surface area contributed by atoms with Crippen LogP contribution in [0.15, 0.2) is 85.2 Å². The fourth-order valence-electron chi connectivity index (χ4n) is 10.1. The molecule has 4 atom stereocenters. The zero-order chi connectivity index (χ0) is 43.5. The van der Waals surface area contributed by atoms with Crippen molar-refractivity contribution in [2.24, 2.45) is 5.92 Å². The van der Waals surface area contributed by atoms with E-state index in [1.165, 1.54) is 11.1 Å². The molecule has 63 heavy (non-hydrogen) atoms. The van der Waals surface area contributed by atoms with Crippen molar-refractivity contribution in [2.75, 3.05) is 74.9 Å². The number of aromatic nitrogens is 1. The van der Waals surface area contributed by atoms with Crippen LogP contribution in [0, 0.1) is 5.92 Å². The van der Waals surface area contributed by atoms with Crippen LogP contribution in [0.1, 0.15) is 76.4 Å². The molecule has 15 nitrogen and oxygen atoms in total. The lowest BCUT2D eigenvalue weighted by molar-refractivity contribution is -0.136. The number of rotatable bonds is 15. The van der Waals surface area contributed by atoms with Crippen molar-refractivity contribution in [1.29, 1.82) is 0 Å². The summed E-state index contributed by atoms with van der Waals surface area (Å²) in [6.45, 7) is 7.94. The highest BCUT2D eigenvalue weighted by Gasteiger charge is 2.46. The first kappa shape index (κ1) is 42.3. The Kier molecular flexibility index (Phi) is 12.6. The van der Waals surface area contributed by atoms with Crippen LogP contribution in [0.3, 0.4) is 0 Å². The number of fused-ring (bicyclic) bond motifs is 4. The van der Waals surface area contributed by atoms with Gasteiger partial charge in [-0.1, -0.05) is 24.3 Å². The van der Waals surface area contributed by atoms with Crippen LogP contribution in [0.25, 0.3) is 11.1 Å². The molecule has 0 radical (unpaired) electrons. The molecule has 328 valence electrons. The second kappa shape index (κ2) is 18.8. The first-order valence-corrected chi connectivity index (χ1v) is 22.3. The third kappa shape index (κ3) is 9.09. The minimum absolute atomic E-state index is 0.00216. The number of nitrogens with one attached hydrogen (secondary N) is 4. The van der Waals surface area contributed by atoms with Gasteiger partial charge in [0.2, 0.25) is 17.7 Å². The maximum atomic E-state index is 13.4. The van der Waals surface area contributed by atoms with E-state index in [2.05, 4.69) is 77.3 Å². The van der Waals surface area contributed by atoms with Crippen LogP contribution >= 0.6 is 0 Å². The summed E-state index contributed by atoms with van der Waals surface area (Å²) in [7, 11) is 0. The largest absolute Gasteiger partial charge is 0.394 e. The Labute approximate surface area is 367 Å². The molecule has 0 saturated carbocycles. The second-order valence-electron chi connectivity index (χ2n) is 17.3. The Morgan fingerprint density at radius 1 is 0.825 bits per heavy atom. The summed E-state index contributed by atoms with van der Waals surface area (Å²) in [5, 5.41) is 22.6. The predicted octanol–water partition coefficient (Wildman–Crippen LogP) is 4.34. The summed E-state index contributed by atoms with van der Waals surface area (Å²) in [5.41, 5.74) is 7.55. The van der Waals surface area contributed by atoms with Crippen LogP contribution in [0.5, 0.6) is 0 Å². The highest BCUT2D eigenvalue weighted by molar-refractivity contribution is 6.25. The number of imide groups is 2. The Balaban J connectivity index is 0.713. The average Bonchev–Trinajstić information content (AvgIpc) is 3.83. The van der Waals surface area contributed by atoms with Crippen molar-refractivity contribution in [1.82, 2.24) is 29.9 Å². The van der Waals surface area contributed by atoms with E-state index in [0.717, 1.165) is 99.0 Å². The van der Waals surface area contributed by atoms with Crippen molar-refractivity contribution >= 4 is 46.6 Å². The fraction of sp³-hybridized carbons (Fsp3) is 0.417. The first-order valence-electron chi connectivity index (χ1n) is 22.3. The van der Waals surface area contributed by atoms with E-state index in [4.69, 9.17) is 0 Å². The molecule has 3 saturated heterocycles. The number of aliphatic hydroxyl groups excluding tert-OH is 1. The number of likely N-dealkylation sites (tertiary alicyclic amines) is 1. The van der Waals surface area contributed by atoms with E-state index < -0.39 is 29.7 Å². The Morgan fingerprint density at radius 3 is 2.37 bits per heavy atom. The monoisotopic (exact) mass is 853 g/mol. The number of hydrogen-bond donors (Lipinski definition) is 5. The molecule has 1 unspecified atom stereocenters. The summed E-state index contributed by atoms with van der Waals surface area (Å²) in [6.07, 6.45) is 6.94. The third-order valence-electron chi connectivity index (χ3n) is 13.4. The molecule has 5 amide bonds. The molecule has 0 spiro atoms. The van der Waals surface area contributed by atoms with Crippen LogP contribution < -0.4 is 21.3 Å². The maximum absolute atomic E-state index is 13.4. The van der Waals surface area contributed by atoms with Gasteiger partial charge in [-0.3, -0.25) is 44.1 Å². The lowest BCUT2D eigenvalue weighted by Crippen LogP contribution is -2.54. The standard InChI is InChI=1S/C48H55N9O6/c58-30-40-35-16-22-56(29-31-14-18-49-19-15-31)45(35)37-28-33(10-11-38(37)52-40)32-5-1-6-34(27-32)51-42(59)9-3-20-54-23-25-55(26-24-54)21-4-17-50-39-8-2-7-36-44(39)48(63)57(47(36)62)41-12-13-43(60)53-46(41)61/h1-2,5-8,10-11,14-15,18-19,27-28,35,40-41,45,50,52,58H,3-4,9,12-13,16-17,20-26,29-30H2,(H,51,59)(H,53,60,61)/t35-,40-,41?,45-/m1/s1. The van der Waals surface area contributed by atoms with Gasteiger partial charge in [0.25, 0.3) is 11.8 Å². The van der Waals surface area contributed by atoms with Crippen molar-refractivity contribution < 1.29 is 29.1 Å². The molecule has 0 aliphatic carbocycles. The van der Waals surface area contributed by atoms with Crippen molar-refractivity contribution in [3.8, 4) is 11.1 Å². The van der Waals surface area contributed by atoms with E-state index in [9.17, 15) is 29.1 Å². The van der Waals surface area contributed by atoms with Crippen LogP contribution in [-0.4, -0.2) is 130 Å². The molecular weight excluding hydrogens is 799 g/mol. The number of nitrogens with zero attached hydrogens (tertiary/aromatic N) is 5. The van der Waals surface area contributed by atoms with Crippen molar-refractivity contribution in [3.05, 3.63) is 107 Å². The zero-order valence-electron chi connectivity index (χ0n) is 35.4. The summed E-state index contributed by atoms with van der Waals surface area (Å²) < 4.78 is 0. The fourth-order valence-corrected chi connectivity index (χ4v) is 10.1. The Hall–Kier alpha value is -6.00. The van der Waals surface area contributed by atoms with Gasteiger partial charge in [-0.05, 0) is 116 Å². The highest BCUT2D eigenvalue weighted by atomic mass is 16.3. The van der Waals surface area contributed by atoms with E-state index in [1.807, 2.05) is 30.6 Å². The van der Waals surface area contributed by atoms with Crippen LogP contribution in [0.4, 0.5) is 17.1 Å². The summed E-state index contributed by atoms with van der Waals surface area (Å²) in [4.78, 5) is 76.3. The average molecular weight is 854 g/mol. The number of aliphatic hydroxyl groups is 1. The van der Waals surface area contributed by atoms with Crippen molar-refractivity contribution in [2.45, 2.75) is 63.2 Å². The third-order valence-corrected chi connectivity index (χ3v) is 13.4. The van der Waals surface area contributed by atoms with Gasteiger partial charge in [-0.2, -0.15) is 0 Å². The number of piperidine rings is 1. The van der Waals surface area contributed by atoms with E-state index >= 15 is 0 Å². The Morgan fingerprint density at radius 2 is 1.59 bits per heavy atom. The molecule has 4 aromatic rings.